The van der Waals surface area contributed by atoms with Crippen LogP contribution in [0, 0.1) is 0 Å². The molecule has 0 saturated carbocycles. The van der Waals surface area contributed by atoms with Crippen molar-refractivity contribution in [3.05, 3.63) is 18.0 Å². The molecule has 14 heavy (non-hydrogen) atoms. The van der Waals surface area contributed by atoms with E-state index in [1.54, 1.807) is 6.92 Å². The monoisotopic (exact) mass is 198 g/mol. The van der Waals surface area contributed by atoms with Crippen LogP contribution in [0.3, 0.4) is 0 Å². The van der Waals surface area contributed by atoms with Gasteiger partial charge < -0.3 is 9.57 Å². The lowest BCUT2D eigenvalue weighted by molar-refractivity contribution is -0.143. The molecular weight excluding hydrogens is 188 g/mol. The van der Waals surface area contributed by atoms with E-state index in [1.807, 2.05) is 0 Å². The Labute approximate surface area is 80.4 Å². The average Bonchev–Trinajstić information content (AvgIpc) is 2.52. The first-order valence-corrected chi connectivity index (χ1v) is 4.04. The summed E-state index contributed by atoms with van der Waals surface area (Å²) in [6.45, 7) is 3.23. The fraction of sp³-hybridized carbons (Fsp3) is 0.375. The van der Waals surface area contributed by atoms with E-state index in [1.165, 1.54) is 19.3 Å². The van der Waals surface area contributed by atoms with E-state index in [0.717, 1.165) is 4.85 Å². The topological polar surface area (TPSA) is 70.4 Å². The average molecular weight is 198 g/mol. The Kier molecular flexibility index (Phi) is 3.22. The number of nitrogens with zero attached hydrogens (tertiary/aromatic N) is 2. The van der Waals surface area contributed by atoms with Crippen LogP contribution in [-0.4, -0.2) is 28.5 Å². The lowest BCUT2D eigenvalue weighted by Gasteiger charge is -1.97. The van der Waals surface area contributed by atoms with Gasteiger partial charge in [0.15, 0.2) is 0 Å². The summed E-state index contributed by atoms with van der Waals surface area (Å²) in [4.78, 5) is 27.1. The summed E-state index contributed by atoms with van der Waals surface area (Å²) >= 11 is 0. The van der Waals surface area contributed by atoms with E-state index >= 15 is 0 Å². The number of rotatable bonds is 3. The molecule has 0 atom stereocenters. The Hall–Kier alpha value is -1.85. The summed E-state index contributed by atoms with van der Waals surface area (Å²) in [6, 6.07) is 0. The molecule has 1 rings (SSSR count). The molecule has 0 bridgehead atoms. The molecule has 1 heterocycles. The first-order chi connectivity index (χ1) is 6.63. The summed E-state index contributed by atoms with van der Waals surface area (Å²) in [7, 11) is 0. The van der Waals surface area contributed by atoms with Gasteiger partial charge in [0.1, 0.15) is 5.56 Å². The van der Waals surface area contributed by atoms with E-state index in [2.05, 4.69) is 9.94 Å². The third-order valence-electron chi connectivity index (χ3n) is 1.29. The molecule has 0 N–H and O–H groups in total. The van der Waals surface area contributed by atoms with Gasteiger partial charge >= 0.3 is 11.9 Å². The third kappa shape index (κ3) is 2.58. The van der Waals surface area contributed by atoms with Crippen molar-refractivity contribution in [1.82, 2.24) is 9.94 Å². The molecular formula is C8H10N2O4. The molecule has 0 aliphatic carbocycles. The fourth-order valence-electron chi connectivity index (χ4n) is 0.806. The predicted molar refractivity (Wildman–Crippen MR) is 45.4 cm³/mol. The molecule has 6 heteroatoms. The van der Waals surface area contributed by atoms with Crippen LogP contribution in [0.4, 0.5) is 0 Å². The second kappa shape index (κ2) is 4.40. The lowest BCUT2D eigenvalue weighted by Crippen LogP contribution is -2.16. The smallest absolute Gasteiger partial charge is 0.341 e. The standard InChI is InChI=1S/C8H10N2O4/c1-3-13-8(12)7-4-9-10(5-7)14-6(2)11/h4-5H,3H2,1-2H3. The molecule has 0 saturated heterocycles. The highest BCUT2D eigenvalue weighted by atomic mass is 16.7. The molecule has 0 aliphatic heterocycles. The Balaban J connectivity index is 2.67. The molecule has 0 amide bonds. The van der Waals surface area contributed by atoms with E-state index in [9.17, 15) is 9.59 Å². The van der Waals surface area contributed by atoms with Crippen molar-refractivity contribution in [3.8, 4) is 0 Å². The van der Waals surface area contributed by atoms with Crippen LogP contribution in [-0.2, 0) is 9.53 Å². The molecule has 0 aromatic carbocycles. The van der Waals surface area contributed by atoms with Crippen LogP contribution in [0.5, 0.6) is 0 Å². The Morgan fingerprint density at radius 3 is 2.86 bits per heavy atom. The van der Waals surface area contributed by atoms with Gasteiger partial charge in [-0.25, -0.2) is 9.59 Å². The van der Waals surface area contributed by atoms with Gasteiger partial charge in [-0.15, -0.1) is 5.10 Å². The number of hydrogen-bond donors (Lipinski definition) is 0. The Morgan fingerprint density at radius 2 is 2.29 bits per heavy atom. The predicted octanol–water partition coefficient (Wildman–Crippen LogP) is 0.0349. The van der Waals surface area contributed by atoms with E-state index in [0.29, 0.717) is 0 Å². The summed E-state index contributed by atoms with van der Waals surface area (Å²) in [5.74, 6) is -1.01. The summed E-state index contributed by atoms with van der Waals surface area (Å²) in [5.41, 5.74) is 0.244. The van der Waals surface area contributed by atoms with Crippen LogP contribution in [0.1, 0.15) is 24.2 Å². The van der Waals surface area contributed by atoms with Crippen molar-refractivity contribution in [2.75, 3.05) is 6.61 Å². The van der Waals surface area contributed by atoms with Crippen molar-refractivity contribution in [2.24, 2.45) is 0 Å². The van der Waals surface area contributed by atoms with Crippen molar-refractivity contribution in [2.45, 2.75) is 13.8 Å². The van der Waals surface area contributed by atoms with Gasteiger partial charge in [0, 0.05) is 6.92 Å². The maximum atomic E-state index is 11.1. The second-order valence-electron chi connectivity index (χ2n) is 2.43. The number of carbonyl (C=O) groups excluding carboxylic acids is 2. The van der Waals surface area contributed by atoms with Crippen LogP contribution in [0.15, 0.2) is 12.4 Å². The molecule has 0 radical (unpaired) electrons. The maximum absolute atomic E-state index is 11.1. The second-order valence-corrected chi connectivity index (χ2v) is 2.43. The number of hydrogen-bond acceptors (Lipinski definition) is 5. The van der Waals surface area contributed by atoms with Gasteiger partial charge in [0.2, 0.25) is 0 Å². The van der Waals surface area contributed by atoms with Gasteiger partial charge in [0.25, 0.3) is 0 Å². The number of aromatic nitrogens is 2. The molecule has 1 aromatic rings. The van der Waals surface area contributed by atoms with E-state index in [-0.39, 0.29) is 12.2 Å². The molecule has 0 spiro atoms. The van der Waals surface area contributed by atoms with Gasteiger partial charge in [-0.3, -0.25) is 0 Å². The first-order valence-electron chi connectivity index (χ1n) is 4.04. The number of carbonyl (C=O) groups is 2. The zero-order valence-corrected chi connectivity index (χ0v) is 7.89. The Bertz CT molecular complexity index is 345. The molecule has 0 aliphatic rings. The molecule has 6 nitrogen and oxygen atoms in total. The summed E-state index contributed by atoms with van der Waals surface area (Å²) in [6.07, 6.45) is 2.54. The molecule has 0 fully saturated rings. The lowest BCUT2D eigenvalue weighted by atomic mass is 10.4. The molecule has 0 unspecified atom stereocenters. The Morgan fingerprint density at radius 1 is 1.57 bits per heavy atom. The summed E-state index contributed by atoms with van der Waals surface area (Å²) < 4.78 is 4.71. The quantitative estimate of drug-likeness (QED) is 0.641. The van der Waals surface area contributed by atoms with Crippen molar-refractivity contribution in [3.63, 3.8) is 0 Å². The third-order valence-corrected chi connectivity index (χ3v) is 1.29. The molecule has 76 valence electrons. The summed E-state index contributed by atoms with van der Waals surface area (Å²) in [5, 5.41) is 3.63. The van der Waals surface area contributed by atoms with Crippen LogP contribution >= 0.6 is 0 Å². The highest BCUT2D eigenvalue weighted by Gasteiger charge is 2.10. The molecule has 1 aromatic heterocycles. The minimum Gasteiger partial charge on any atom is -0.462 e. The highest BCUT2D eigenvalue weighted by molar-refractivity contribution is 5.88. The zero-order chi connectivity index (χ0) is 10.6. The highest BCUT2D eigenvalue weighted by Crippen LogP contribution is 1.99. The largest absolute Gasteiger partial charge is 0.462 e. The minimum atomic E-state index is -0.511. The number of ether oxygens (including phenoxy) is 1. The minimum absolute atomic E-state index is 0.244. The normalized spacial score (nSPS) is 9.57. The fourth-order valence-corrected chi connectivity index (χ4v) is 0.806. The van der Waals surface area contributed by atoms with Gasteiger partial charge in [-0.05, 0) is 6.92 Å². The SMILES string of the molecule is CCOC(=O)c1cnn(OC(C)=O)c1. The van der Waals surface area contributed by atoms with Crippen LogP contribution in [0.25, 0.3) is 0 Å². The van der Waals surface area contributed by atoms with Crippen molar-refractivity contribution >= 4 is 11.9 Å². The zero-order valence-electron chi connectivity index (χ0n) is 7.89. The van der Waals surface area contributed by atoms with E-state index < -0.39 is 11.9 Å². The van der Waals surface area contributed by atoms with Crippen molar-refractivity contribution in [1.29, 1.82) is 0 Å². The van der Waals surface area contributed by atoms with Gasteiger partial charge in [0.05, 0.1) is 19.0 Å². The maximum Gasteiger partial charge on any atom is 0.341 e. The van der Waals surface area contributed by atoms with Crippen LogP contribution in [0.2, 0.25) is 0 Å². The van der Waals surface area contributed by atoms with E-state index in [4.69, 9.17) is 4.74 Å². The van der Waals surface area contributed by atoms with Gasteiger partial charge in [-0.2, -0.15) is 0 Å². The first kappa shape index (κ1) is 10.2. The number of esters is 1. The van der Waals surface area contributed by atoms with Crippen molar-refractivity contribution < 1.29 is 19.2 Å². The van der Waals surface area contributed by atoms with Gasteiger partial charge in [-0.1, -0.05) is 4.85 Å². The van der Waals surface area contributed by atoms with Crippen LogP contribution < -0.4 is 4.84 Å².